The van der Waals surface area contributed by atoms with E-state index in [1.165, 1.54) is 4.90 Å². The van der Waals surface area contributed by atoms with E-state index in [-0.39, 0.29) is 30.9 Å². The lowest BCUT2D eigenvalue weighted by molar-refractivity contribution is -0.123. The van der Waals surface area contributed by atoms with Crippen LogP contribution in [-0.4, -0.2) is 39.8 Å². The first-order valence-corrected chi connectivity index (χ1v) is 13.6. The molecule has 0 spiro atoms. The van der Waals surface area contributed by atoms with E-state index >= 15 is 0 Å². The topological polar surface area (TPSA) is 111 Å². The van der Waals surface area contributed by atoms with Crippen LogP contribution < -0.4 is 4.90 Å². The second-order valence-corrected chi connectivity index (χ2v) is 10.7. The Morgan fingerprint density at radius 2 is 1.82 bits per heavy atom. The zero-order valence-electron chi connectivity index (χ0n) is 22.5. The monoisotopic (exact) mass is 521 g/mol. The average molecular weight is 522 g/mol. The van der Waals surface area contributed by atoms with Crippen molar-refractivity contribution in [3.8, 4) is 0 Å². The highest BCUT2D eigenvalue weighted by Crippen LogP contribution is 2.48. The van der Waals surface area contributed by atoms with Gasteiger partial charge in [-0.3, -0.25) is 14.5 Å². The van der Waals surface area contributed by atoms with Crippen LogP contribution in [-0.2, 0) is 16.2 Å². The van der Waals surface area contributed by atoms with Crippen LogP contribution in [0.1, 0.15) is 64.4 Å². The number of aliphatic hydroxyl groups is 3. The lowest BCUT2D eigenvalue weighted by Gasteiger charge is -2.38. The highest BCUT2D eigenvalue weighted by atomic mass is 16.4. The fraction of sp³-hybridized carbons (Fsp3) is 0.484. The number of rotatable bonds is 11. The largest absolute Gasteiger partial charge is 0.459 e. The lowest BCUT2D eigenvalue weighted by Crippen LogP contribution is -2.39. The number of hydrogen-bond donors (Lipinski definition) is 3. The summed E-state index contributed by atoms with van der Waals surface area (Å²) < 4.78 is 5.63. The van der Waals surface area contributed by atoms with E-state index in [4.69, 9.17) is 4.42 Å². The van der Waals surface area contributed by atoms with E-state index in [1.807, 2.05) is 32.1 Å². The van der Waals surface area contributed by atoms with Crippen LogP contribution in [0.4, 0.5) is 5.69 Å². The molecule has 3 N–H and O–H groups in total. The summed E-state index contributed by atoms with van der Waals surface area (Å²) in [6.45, 7) is 5.69. The number of furan rings is 1. The third-order valence-electron chi connectivity index (χ3n) is 7.88. The van der Waals surface area contributed by atoms with Crippen LogP contribution in [0.5, 0.6) is 0 Å². The Balaban J connectivity index is 1.60. The molecule has 2 aliphatic rings. The maximum absolute atomic E-state index is 13.6. The number of allylic oxidation sites excluding steroid dienone is 2. The number of hydrogen-bond acceptors (Lipinski definition) is 6. The fourth-order valence-corrected chi connectivity index (χ4v) is 6.10. The Kier molecular flexibility index (Phi) is 9.03. The summed E-state index contributed by atoms with van der Waals surface area (Å²) >= 11 is 0. The van der Waals surface area contributed by atoms with E-state index in [0.717, 1.165) is 29.6 Å². The van der Waals surface area contributed by atoms with Gasteiger partial charge < -0.3 is 19.7 Å². The van der Waals surface area contributed by atoms with Gasteiger partial charge in [-0.25, -0.2) is 0 Å². The average Bonchev–Trinajstić information content (AvgIpc) is 3.47. The van der Waals surface area contributed by atoms with E-state index in [0.29, 0.717) is 36.5 Å². The molecule has 0 radical (unpaired) electrons. The molecule has 0 saturated carbocycles. The molecule has 4 rings (SSSR count). The molecule has 2 aromatic rings. The summed E-state index contributed by atoms with van der Waals surface area (Å²) in [4.78, 5) is 28.3. The molecule has 1 fully saturated rings. The molecule has 204 valence electrons. The minimum Gasteiger partial charge on any atom is -0.459 e. The third-order valence-corrected chi connectivity index (χ3v) is 7.88. The SMILES string of the molecule is CCC/C(=C\c1ccc(CO)o1)CC[C@@H](O)C1=C(C(C)C)C[C@H]2C(=O)N(c3ccccc3)C(=O)[C@H]2[C@H]1CO. The Bertz CT molecular complexity index is 1190. The van der Waals surface area contributed by atoms with Gasteiger partial charge in [-0.1, -0.05) is 56.5 Å². The minimum atomic E-state index is -0.843. The van der Waals surface area contributed by atoms with Crippen molar-refractivity contribution in [3.63, 3.8) is 0 Å². The lowest BCUT2D eigenvalue weighted by atomic mass is 9.66. The third kappa shape index (κ3) is 5.55. The second-order valence-electron chi connectivity index (χ2n) is 10.7. The molecule has 1 aromatic heterocycles. The Hall–Kier alpha value is -3.00. The number of para-hydroxylation sites is 1. The fourth-order valence-electron chi connectivity index (χ4n) is 6.10. The van der Waals surface area contributed by atoms with Gasteiger partial charge in [0.1, 0.15) is 18.1 Å². The van der Waals surface area contributed by atoms with Gasteiger partial charge in [0, 0.05) is 5.92 Å². The maximum atomic E-state index is 13.6. The molecule has 2 heterocycles. The van der Waals surface area contributed by atoms with Crippen LogP contribution >= 0.6 is 0 Å². The van der Waals surface area contributed by atoms with E-state index in [1.54, 1.807) is 30.3 Å². The van der Waals surface area contributed by atoms with Crippen molar-refractivity contribution in [1.29, 1.82) is 0 Å². The maximum Gasteiger partial charge on any atom is 0.238 e. The summed E-state index contributed by atoms with van der Waals surface area (Å²) in [5, 5.41) is 31.3. The summed E-state index contributed by atoms with van der Waals surface area (Å²) in [5.74, 6) is -1.14. The molecule has 38 heavy (non-hydrogen) atoms. The highest BCUT2D eigenvalue weighted by molar-refractivity contribution is 6.22. The molecular weight excluding hydrogens is 482 g/mol. The zero-order valence-corrected chi connectivity index (χ0v) is 22.5. The molecule has 0 unspecified atom stereocenters. The molecular formula is C31H39NO6. The summed E-state index contributed by atoms with van der Waals surface area (Å²) in [6, 6.07) is 12.5. The van der Waals surface area contributed by atoms with Crippen molar-refractivity contribution in [2.24, 2.45) is 23.7 Å². The first-order chi connectivity index (χ1) is 18.3. The number of imide groups is 1. The first kappa shape index (κ1) is 28.0. The highest BCUT2D eigenvalue weighted by Gasteiger charge is 2.55. The molecule has 7 nitrogen and oxygen atoms in total. The molecule has 1 aromatic carbocycles. The predicted molar refractivity (Wildman–Crippen MR) is 146 cm³/mol. The molecule has 2 amide bonds. The number of carbonyl (C=O) groups excluding carboxylic acids is 2. The standard InChI is InChI=1S/C31H39NO6/c1-4-8-20(15-22-12-13-23(17-33)38-22)11-14-27(35)28-24(19(2)3)16-25-29(26(28)18-34)31(37)32(30(25)36)21-9-6-5-7-10-21/h5-7,9-10,12-13,15,19,25-27,29,33-35H,4,8,11,14,16-18H2,1-3H3/b20-15+/t25-,26+,27-,29-/m1/s1. The molecule has 7 heteroatoms. The summed E-state index contributed by atoms with van der Waals surface area (Å²) in [5.41, 5.74) is 3.34. The zero-order chi connectivity index (χ0) is 27.4. The van der Waals surface area contributed by atoms with Crippen LogP contribution in [0.2, 0.25) is 0 Å². The number of carbonyl (C=O) groups is 2. The van der Waals surface area contributed by atoms with Gasteiger partial charge in [0.2, 0.25) is 11.8 Å². The molecule has 1 aliphatic heterocycles. The first-order valence-electron chi connectivity index (χ1n) is 13.6. The van der Waals surface area contributed by atoms with Gasteiger partial charge in [0.25, 0.3) is 0 Å². The quantitative estimate of drug-likeness (QED) is 0.287. The van der Waals surface area contributed by atoms with Crippen molar-refractivity contribution in [2.45, 2.75) is 65.6 Å². The van der Waals surface area contributed by atoms with Crippen molar-refractivity contribution in [1.82, 2.24) is 0 Å². The van der Waals surface area contributed by atoms with E-state index < -0.39 is 23.9 Å². The smallest absolute Gasteiger partial charge is 0.238 e. The van der Waals surface area contributed by atoms with Crippen molar-refractivity contribution >= 4 is 23.6 Å². The van der Waals surface area contributed by atoms with Crippen LogP contribution in [0.15, 0.2) is 63.6 Å². The minimum absolute atomic E-state index is 0.0639. The van der Waals surface area contributed by atoms with Gasteiger partial charge in [-0.15, -0.1) is 0 Å². The summed E-state index contributed by atoms with van der Waals surface area (Å²) in [7, 11) is 0. The predicted octanol–water partition coefficient (Wildman–Crippen LogP) is 4.87. The number of anilines is 1. The van der Waals surface area contributed by atoms with Gasteiger partial charge >= 0.3 is 0 Å². The van der Waals surface area contributed by atoms with E-state index in [2.05, 4.69) is 6.92 Å². The number of aliphatic hydroxyl groups excluding tert-OH is 3. The van der Waals surface area contributed by atoms with Crippen LogP contribution in [0, 0.1) is 23.7 Å². The number of benzene rings is 1. The van der Waals surface area contributed by atoms with Crippen molar-refractivity contribution in [3.05, 3.63) is 70.7 Å². The van der Waals surface area contributed by atoms with Gasteiger partial charge in [-0.2, -0.15) is 0 Å². The molecule has 1 aliphatic carbocycles. The van der Waals surface area contributed by atoms with E-state index in [9.17, 15) is 24.9 Å². The number of fused-ring (bicyclic) bond motifs is 1. The summed E-state index contributed by atoms with van der Waals surface area (Å²) in [6.07, 6.45) is 4.36. The Morgan fingerprint density at radius 3 is 2.42 bits per heavy atom. The van der Waals surface area contributed by atoms with Crippen molar-refractivity contribution < 1.29 is 29.3 Å². The van der Waals surface area contributed by atoms with Gasteiger partial charge in [0.15, 0.2) is 0 Å². The Labute approximate surface area is 224 Å². The number of amides is 2. The van der Waals surface area contributed by atoms with Crippen molar-refractivity contribution in [2.75, 3.05) is 11.5 Å². The van der Waals surface area contributed by atoms with Gasteiger partial charge in [0.05, 0.1) is 30.2 Å². The van der Waals surface area contributed by atoms with Gasteiger partial charge in [-0.05, 0) is 67.5 Å². The normalized spacial score (nSPS) is 23.0. The van der Waals surface area contributed by atoms with Crippen LogP contribution in [0.25, 0.3) is 6.08 Å². The molecule has 0 bridgehead atoms. The Morgan fingerprint density at radius 1 is 1.08 bits per heavy atom. The second kappa shape index (κ2) is 12.2. The molecule has 1 saturated heterocycles. The van der Waals surface area contributed by atoms with Crippen LogP contribution in [0.3, 0.4) is 0 Å². The molecule has 4 atom stereocenters. The number of nitrogens with zero attached hydrogens (tertiary/aromatic N) is 1.